The third-order valence-corrected chi connectivity index (χ3v) is 4.14. The van der Waals surface area contributed by atoms with Gasteiger partial charge in [0.15, 0.2) is 0 Å². The monoisotopic (exact) mass is 273 g/mol. The molecule has 0 saturated heterocycles. The Hall–Kier alpha value is -1.18. The van der Waals surface area contributed by atoms with Crippen molar-refractivity contribution in [2.75, 3.05) is 26.0 Å². The van der Waals surface area contributed by atoms with Crippen LogP contribution in [0.15, 0.2) is 23.2 Å². The van der Waals surface area contributed by atoms with Crippen molar-refractivity contribution in [1.29, 1.82) is 0 Å². The Morgan fingerprint density at radius 1 is 1.50 bits per heavy atom. The lowest BCUT2D eigenvalue weighted by atomic mass is 10.1. The highest BCUT2D eigenvalue weighted by Gasteiger charge is 2.28. The van der Waals surface area contributed by atoms with Crippen LogP contribution in [0.5, 0.6) is 0 Å². The summed E-state index contributed by atoms with van der Waals surface area (Å²) < 4.78 is 25.8. The van der Waals surface area contributed by atoms with E-state index in [0.717, 1.165) is 4.31 Å². The maximum absolute atomic E-state index is 12.3. The standard InChI is InChI=1S/C11H19N3O3S/c1-11(2,15)8-14(4)18(16,17)9-6-5-7-13-10(9)12-3/h5-7,15H,8H2,1-4H3,(H,12,13). The predicted octanol–water partition coefficient (Wildman–Crippen LogP) is 0.515. The first kappa shape index (κ1) is 14.9. The Morgan fingerprint density at radius 3 is 2.61 bits per heavy atom. The van der Waals surface area contributed by atoms with Crippen LogP contribution in [0, 0.1) is 0 Å². The van der Waals surface area contributed by atoms with Gasteiger partial charge in [-0.15, -0.1) is 0 Å². The van der Waals surface area contributed by atoms with Crippen molar-refractivity contribution in [3.63, 3.8) is 0 Å². The van der Waals surface area contributed by atoms with Gasteiger partial charge >= 0.3 is 0 Å². The van der Waals surface area contributed by atoms with Gasteiger partial charge in [0.1, 0.15) is 10.7 Å². The van der Waals surface area contributed by atoms with E-state index >= 15 is 0 Å². The van der Waals surface area contributed by atoms with E-state index in [0.29, 0.717) is 5.82 Å². The molecule has 1 heterocycles. The maximum atomic E-state index is 12.3. The molecular weight excluding hydrogens is 254 g/mol. The highest BCUT2D eigenvalue weighted by atomic mass is 32.2. The third-order valence-electron chi connectivity index (χ3n) is 2.31. The molecule has 0 amide bonds. The normalized spacial score (nSPS) is 12.8. The van der Waals surface area contributed by atoms with Crippen molar-refractivity contribution in [2.24, 2.45) is 0 Å². The second-order valence-electron chi connectivity index (χ2n) is 4.67. The predicted molar refractivity (Wildman–Crippen MR) is 69.9 cm³/mol. The van der Waals surface area contributed by atoms with Crippen LogP contribution in [0.4, 0.5) is 5.82 Å². The van der Waals surface area contributed by atoms with Crippen molar-refractivity contribution in [3.05, 3.63) is 18.3 Å². The molecule has 1 rings (SSSR count). The number of hydrogen-bond acceptors (Lipinski definition) is 5. The number of aliphatic hydroxyl groups is 1. The molecule has 7 heteroatoms. The summed E-state index contributed by atoms with van der Waals surface area (Å²) in [5.41, 5.74) is -1.09. The minimum absolute atomic E-state index is 0.00732. The summed E-state index contributed by atoms with van der Waals surface area (Å²) in [6, 6.07) is 3.04. The number of anilines is 1. The van der Waals surface area contributed by atoms with Gasteiger partial charge in [-0.25, -0.2) is 13.4 Å². The van der Waals surface area contributed by atoms with Gasteiger partial charge in [0.25, 0.3) is 0 Å². The molecule has 0 saturated carbocycles. The Bertz CT molecular complexity index is 509. The minimum atomic E-state index is -3.67. The molecule has 1 aromatic rings. The van der Waals surface area contributed by atoms with Crippen LogP contribution < -0.4 is 5.32 Å². The van der Waals surface area contributed by atoms with Crippen molar-refractivity contribution >= 4 is 15.8 Å². The van der Waals surface area contributed by atoms with E-state index < -0.39 is 15.6 Å². The molecule has 0 aromatic carbocycles. The third kappa shape index (κ3) is 3.41. The number of nitrogens with one attached hydrogen (secondary N) is 1. The van der Waals surface area contributed by atoms with Gasteiger partial charge in [0.2, 0.25) is 10.0 Å². The largest absolute Gasteiger partial charge is 0.389 e. The second-order valence-corrected chi connectivity index (χ2v) is 6.69. The zero-order chi connectivity index (χ0) is 14.0. The van der Waals surface area contributed by atoms with Crippen LogP contribution in [-0.2, 0) is 10.0 Å². The van der Waals surface area contributed by atoms with Crippen LogP contribution >= 0.6 is 0 Å². The van der Waals surface area contributed by atoms with Crippen LogP contribution in [0.2, 0.25) is 0 Å². The Balaban J connectivity index is 3.14. The number of likely N-dealkylation sites (N-methyl/N-ethyl adjacent to an activating group) is 1. The van der Waals surface area contributed by atoms with Crippen LogP contribution in [0.25, 0.3) is 0 Å². The Morgan fingerprint density at radius 2 is 2.11 bits per heavy atom. The summed E-state index contributed by atoms with van der Waals surface area (Å²) >= 11 is 0. The molecule has 0 radical (unpaired) electrons. The number of hydrogen-bond donors (Lipinski definition) is 2. The summed E-state index contributed by atoms with van der Waals surface area (Å²) in [4.78, 5) is 4.06. The molecule has 0 aliphatic heterocycles. The smallest absolute Gasteiger partial charge is 0.246 e. The molecule has 102 valence electrons. The number of rotatable bonds is 5. The molecule has 2 N–H and O–H groups in total. The van der Waals surface area contributed by atoms with Crippen LogP contribution in [-0.4, -0.2) is 49.1 Å². The van der Waals surface area contributed by atoms with E-state index in [1.807, 2.05) is 0 Å². The topological polar surface area (TPSA) is 82.5 Å². The van der Waals surface area contributed by atoms with Crippen molar-refractivity contribution in [2.45, 2.75) is 24.3 Å². The molecular formula is C11H19N3O3S. The van der Waals surface area contributed by atoms with Crippen molar-refractivity contribution in [1.82, 2.24) is 9.29 Å². The molecule has 0 fully saturated rings. The minimum Gasteiger partial charge on any atom is -0.389 e. The summed E-state index contributed by atoms with van der Waals surface area (Å²) in [5.74, 6) is 0.292. The molecule has 6 nitrogen and oxygen atoms in total. The zero-order valence-corrected chi connectivity index (χ0v) is 11.8. The van der Waals surface area contributed by atoms with Gasteiger partial charge in [-0.3, -0.25) is 0 Å². The van der Waals surface area contributed by atoms with Gasteiger partial charge in [-0.05, 0) is 26.0 Å². The number of sulfonamides is 1. The molecule has 18 heavy (non-hydrogen) atoms. The molecule has 0 unspecified atom stereocenters. The average Bonchev–Trinajstić information content (AvgIpc) is 2.26. The average molecular weight is 273 g/mol. The SMILES string of the molecule is CNc1ncccc1S(=O)(=O)N(C)CC(C)(C)O. The summed E-state index contributed by atoms with van der Waals surface area (Å²) in [6.07, 6.45) is 1.51. The molecule has 0 spiro atoms. The molecule has 0 bridgehead atoms. The Kier molecular flexibility index (Phi) is 4.31. The first-order chi connectivity index (χ1) is 8.18. The van der Waals surface area contributed by atoms with Crippen molar-refractivity contribution in [3.8, 4) is 0 Å². The second kappa shape index (κ2) is 5.21. The van der Waals surface area contributed by atoms with Gasteiger partial charge in [0.05, 0.1) is 5.60 Å². The van der Waals surface area contributed by atoms with E-state index in [1.165, 1.54) is 19.3 Å². The first-order valence-corrected chi connectivity index (χ1v) is 6.94. The lowest BCUT2D eigenvalue weighted by molar-refractivity contribution is 0.0640. The van der Waals surface area contributed by atoms with E-state index in [2.05, 4.69) is 10.3 Å². The summed E-state index contributed by atoms with van der Waals surface area (Å²) in [7, 11) is -0.628. The van der Waals surface area contributed by atoms with Gasteiger partial charge < -0.3 is 10.4 Å². The molecule has 0 atom stereocenters. The summed E-state index contributed by atoms with van der Waals surface area (Å²) in [5, 5.41) is 12.4. The van der Waals surface area contributed by atoms with E-state index in [4.69, 9.17) is 0 Å². The number of pyridine rings is 1. The van der Waals surface area contributed by atoms with Crippen molar-refractivity contribution < 1.29 is 13.5 Å². The highest BCUT2D eigenvalue weighted by molar-refractivity contribution is 7.89. The van der Waals surface area contributed by atoms with E-state index in [-0.39, 0.29) is 11.4 Å². The van der Waals surface area contributed by atoms with Crippen LogP contribution in [0.1, 0.15) is 13.8 Å². The highest BCUT2D eigenvalue weighted by Crippen LogP contribution is 2.22. The lowest BCUT2D eigenvalue weighted by Gasteiger charge is -2.25. The fourth-order valence-electron chi connectivity index (χ4n) is 1.58. The Labute approximate surface area is 108 Å². The number of aromatic nitrogens is 1. The fraction of sp³-hybridized carbons (Fsp3) is 0.545. The quantitative estimate of drug-likeness (QED) is 0.817. The van der Waals surface area contributed by atoms with Gasteiger partial charge in [0, 0.05) is 26.8 Å². The van der Waals surface area contributed by atoms with Gasteiger partial charge in [-0.1, -0.05) is 0 Å². The summed E-state index contributed by atoms with van der Waals surface area (Å²) in [6.45, 7) is 3.12. The molecule has 0 aliphatic rings. The fourth-order valence-corrected chi connectivity index (χ4v) is 3.06. The maximum Gasteiger partial charge on any atom is 0.246 e. The van der Waals surface area contributed by atoms with Gasteiger partial charge in [-0.2, -0.15) is 4.31 Å². The molecule has 1 aromatic heterocycles. The number of nitrogens with zero attached hydrogens (tertiary/aromatic N) is 2. The first-order valence-electron chi connectivity index (χ1n) is 5.50. The van der Waals surface area contributed by atoms with E-state index in [9.17, 15) is 13.5 Å². The van der Waals surface area contributed by atoms with E-state index in [1.54, 1.807) is 27.0 Å². The molecule has 0 aliphatic carbocycles. The lowest BCUT2D eigenvalue weighted by Crippen LogP contribution is -2.39. The zero-order valence-electron chi connectivity index (χ0n) is 11.0. The van der Waals surface area contributed by atoms with Crippen LogP contribution in [0.3, 0.4) is 0 Å².